The Kier molecular flexibility index (Phi) is 6.01. The Balaban J connectivity index is 1.82. The molecule has 2 heterocycles. The zero-order chi connectivity index (χ0) is 16.8. The highest BCUT2D eigenvalue weighted by Gasteiger charge is 2.20. The van der Waals surface area contributed by atoms with Crippen molar-refractivity contribution in [1.29, 1.82) is 0 Å². The largest absolute Gasteiger partial charge is 0.383 e. The van der Waals surface area contributed by atoms with Crippen LogP contribution in [0.15, 0.2) is 36.7 Å². The van der Waals surface area contributed by atoms with Crippen molar-refractivity contribution in [2.24, 2.45) is 0 Å². The zero-order valence-corrected chi connectivity index (χ0v) is 14.6. The minimum atomic E-state index is 0.358. The first-order chi connectivity index (χ1) is 11.8. The fourth-order valence-electron chi connectivity index (χ4n) is 2.83. The van der Waals surface area contributed by atoms with Gasteiger partial charge in [-0.3, -0.25) is 0 Å². The summed E-state index contributed by atoms with van der Waals surface area (Å²) in [7, 11) is 1.70. The van der Waals surface area contributed by atoms with Gasteiger partial charge in [-0.15, -0.1) is 0 Å². The predicted molar refractivity (Wildman–Crippen MR) is 94.6 cm³/mol. The topological polar surface area (TPSA) is 47.5 Å². The first-order valence-electron chi connectivity index (χ1n) is 8.15. The van der Waals surface area contributed by atoms with E-state index in [1.54, 1.807) is 13.4 Å². The van der Waals surface area contributed by atoms with Crippen molar-refractivity contribution >= 4 is 17.4 Å². The van der Waals surface area contributed by atoms with Crippen LogP contribution in [0.5, 0.6) is 0 Å². The minimum Gasteiger partial charge on any atom is -0.383 e. The molecule has 0 N–H and O–H groups in total. The lowest BCUT2D eigenvalue weighted by Gasteiger charge is -2.24. The fraction of sp³-hybridized carbons (Fsp3) is 0.444. The lowest BCUT2D eigenvalue weighted by atomic mass is 10.0. The summed E-state index contributed by atoms with van der Waals surface area (Å²) < 4.78 is 10.7. The average molecular weight is 348 g/mol. The van der Waals surface area contributed by atoms with Gasteiger partial charge >= 0.3 is 0 Å². The van der Waals surface area contributed by atoms with Gasteiger partial charge in [0.2, 0.25) is 0 Å². The Morgan fingerprint density at radius 2 is 2.21 bits per heavy atom. The third-order valence-electron chi connectivity index (χ3n) is 4.23. The van der Waals surface area contributed by atoms with Gasteiger partial charge in [-0.25, -0.2) is 9.97 Å². The van der Waals surface area contributed by atoms with E-state index in [-0.39, 0.29) is 0 Å². The smallest absolute Gasteiger partial charge is 0.132 e. The van der Waals surface area contributed by atoms with Crippen molar-refractivity contribution in [3.05, 3.63) is 52.9 Å². The summed E-state index contributed by atoms with van der Waals surface area (Å²) in [6.45, 7) is 3.58. The SMILES string of the molecule is COCCN(Cc1ccccc1Cl)c1cc([C@H]2CCOC2)ncn1. The second-order valence-corrected chi connectivity index (χ2v) is 6.27. The highest BCUT2D eigenvalue weighted by molar-refractivity contribution is 6.31. The van der Waals surface area contributed by atoms with Crippen LogP contribution in [-0.2, 0) is 16.0 Å². The highest BCUT2D eigenvalue weighted by atomic mass is 35.5. The third kappa shape index (κ3) is 4.23. The van der Waals surface area contributed by atoms with E-state index in [1.807, 2.05) is 24.3 Å². The molecule has 24 heavy (non-hydrogen) atoms. The molecule has 3 rings (SSSR count). The molecule has 0 saturated carbocycles. The molecule has 1 atom stereocenters. The van der Waals surface area contributed by atoms with Crippen molar-refractivity contribution in [2.45, 2.75) is 18.9 Å². The molecule has 0 amide bonds. The standard InChI is InChI=1S/C18H22ClN3O2/c1-23-9-7-22(11-14-4-2-3-5-16(14)19)18-10-17(20-13-21-18)15-6-8-24-12-15/h2-5,10,13,15H,6-9,11-12H2,1H3/t15-/m0/s1. The first kappa shape index (κ1) is 17.1. The van der Waals surface area contributed by atoms with Gasteiger partial charge in [-0.05, 0) is 18.1 Å². The molecule has 5 nitrogen and oxygen atoms in total. The van der Waals surface area contributed by atoms with E-state index in [0.717, 1.165) is 48.3 Å². The Morgan fingerprint density at radius 1 is 1.33 bits per heavy atom. The van der Waals surface area contributed by atoms with Crippen LogP contribution < -0.4 is 4.90 Å². The van der Waals surface area contributed by atoms with Crippen LogP contribution in [0.3, 0.4) is 0 Å². The predicted octanol–water partition coefficient (Wildman–Crippen LogP) is 3.29. The summed E-state index contributed by atoms with van der Waals surface area (Å²) in [6, 6.07) is 9.94. The third-order valence-corrected chi connectivity index (χ3v) is 4.60. The van der Waals surface area contributed by atoms with Crippen LogP contribution >= 0.6 is 11.6 Å². The maximum absolute atomic E-state index is 6.32. The molecule has 128 valence electrons. The molecule has 0 bridgehead atoms. The van der Waals surface area contributed by atoms with Gasteiger partial charge in [0.25, 0.3) is 0 Å². The van der Waals surface area contributed by atoms with Crippen molar-refractivity contribution in [3.63, 3.8) is 0 Å². The molecule has 0 aliphatic carbocycles. The number of rotatable bonds is 7. The van der Waals surface area contributed by atoms with E-state index in [1.165, 1.54) is 0 Å². The molecule has 1 aliphatic heterocycles. The second-order valence-electron chi connectivity index (χ2n) is 5.87. The number of halogens is 1. The Labute approximate surface area is 147 Å². The summed E-state index contributed by atoms with van der Waals surface area (Å²) in [5, 5.41) is 0.762. The molecule has 1 fully saturated rings. The summed E-state index contributed by atoms with van der Waals surface area (Å²) in [5.74, 6) is 1.25. The van der Waals surface area contributed by atoms with E-state index < -0.39 is 0 Å². The van der Waals surface area contributed by atoms with Crippen molar-refractivity contribution in [3.8, 4) is 0 Å². The molecular formula is C18H22ClN3O2. The average Bonchev–Trinajstić information content (AvgIpc) is 3.15. The van der Waals surface area contributed by atoms with Gasteiger partial charge in [0.15, 0.2) is 0 Å². The Bertz CT molecular complexity index is 662. The molecule has 1 aromatic heterocycles. The van der Waals surface area contributed by atoms with Crippen LogP contribution in [0.2, 0.25) is 5.02 Å². The number of methoxy groups -OCH3 is 1. The molecule has 1 aliphatic rings. The van der Waals surface area contributed by atoms with E-state index in [0.29, 0.717) is 19.1 Å². The van der Waals surface area contributed by atoms with E-state index in [9.17, 15) is 0 Å². The van der Waals surface area contributed by atoms with Crippen molar-refractivity contribution in [2.75, 3.05) is 38.4 Å². The van der Waals surface area contributed by atoms with Crippen LogP contribution in [0.1, 0.15) is 23.6 Å². The Morgan fingerprint density at radius 3 is 2.96 bits per heavy atom. The summed E-state index contributed by atoms with van der Waals surface area (Å²) in [4.78, 5) is 11.1. The lowest BCUT2D eigenvalue weighted by Crippen LogP contribution is -2.28. The van der Waals surface area contributed by atoms with Gasteiger partial charge in [-0.2, -0.15) is 0 Å². The van der Waals surface area contributed by atoms with Crippen LogP contribution in [0, 0.1) is 0 Å². The van der Waals surface area contributed by atoms with E-state index in [2.05, 4.69) is 20.9 Å². The maximum atomic E-state index is 6.32. The van der Waals surface area contributed by atoms with Crippen molar-refractivity contribution < 1.29 is 9.47 Å². The maximum Gasteiger partial charge on any atom is 0.132 e. The number of benzene rings is 1. The molecular weight excluding hydrogens is 326 g/mol. The number of hydrogen-bond donors (Lipinski definition) is 0. The number of aromatic nitrogens is 2. The number of ether oxygens (including phenoxy) is 2. The molecule has 1 aromatic carbocycles. The van der Waals surface area contributed by atoms with Gasteiger partial charge < -0.3 is 14.4 Å². The number of hydrogen-bond acceptors (Lipinski definition) is 5. The molecule has 0 radical (unpaired) electrons. The molecule has 2 aromatic rings. The first-order valence-corrected chi connectivity index (χ1v) is 8.52. The van der Waals surface area contributed by atoms with Gasteiger partial charge in [0.1, 0.15) is 12.1 Å². The second kappa shape index (κ2) is 8.42. The molecule has 0 spiro atoms. The van der Waals surface area contributed by atoms with Crippen LogP contribution in [-0.4, -0.2) is 43.4 Å². The summed E-state index contributed by atoms with van der Waals surface area (Å²) in [6.07, 6.45) is 2.65. The van der Waals surface area contributed by atoms with Crippen LogP contribution in [0.4, 0.5) is 5.82 Å². The number of nitrogens with zero attached hydrogens (tertiary/aromatic N) is 3. The van der Waals surface area contributed by atoms with E-state index >= 15 is 0 Å². The quantitative estimate of drug-likeness (QED) is 0.769. The highest BCUT2D eigenvalue weighted by Crippen LogP contribution is 2.26. The van der Waals surface area contributed by atoms with E-state index in [4.69, 9.17) is 21.1 Å². The lowest BCUT2D eigenvalue weighted by molar-refractivity contribution is 0.193. The molecule has 0 unspecified atom stereocenters. The van der Waals surface area contributed by atoms with Crippen molar-refractivity contribution in [1.82, 2.24) is 9.97 Å². The normalized spacial score (nSPS) is 17.2. The Hall–Kier alpha value is -1.69. The molecule has 1 saturated heterocycles. The fourth-order valence-corrected chi connectivity index (χ4v) is 3.03. The molecule has 6 heteroatoms. The minimum absolute atomic E-state index is 0.358. The van der Waals surface area contributed by atoms with Gasteiger partial charge in [0, 0.05) is 43.8 Å². The monoisotopic (exact) mass is 347 g/mol. The zero-order valence-electron chi connectivity index (χ0n) is 13.8. The number of anilines is 1. The van der Waals surface area contributed by atoms with Gasteiger partial charge in [-0.1, -0.05) is 29.8 Å². The van der Waals surface area contributed by atoms with Gasteiger partial charge in [0.05, 0.1) is 18.9 Å². The summed E-state index contributed by atoms with van der Waals surface area (Å²) >= 11 is 6.32. The summed E-state index contributed by atoms with van der Waals surface area (Å²) in [5.41, 5.74) is 2.11. The van der Waals surface area contributed by atoms with Crippen LogP contribution in [0.25, 0.3) is 0 Å².